The van der Waals surface area contributed by atoms with Crippen molar-refractivity contribution in [3.05, 3.63) is 62.3 Å². The van der Waals surface area contributed by atoms with Crippen molar-refractivity contribution in [3.63, 3.8) is 0 Å². The molecule has 0 saturated carbocycles. The molecule has 0 fully saturated rings. The molecule has 0 heterocycles. The van der Waals surface area contributed by atoms with Crippen LogP contribution in [0.3, 0.4) is 0 Å². The Morgan fingerprint density at radius 3 is 2.31 bits per heavy atom. The maximum absolute atomic E-state index is 12.0. The van der Waals surface area contributed by atoms with Crippen LogP contribution >= 0.6 is 0 Å². The van der Waals surface area contributed by atoms with Gasteiger partial charge in [0, 0.05) is 24.3 Å². The molecule has 2 unspecified atom stereocenters. The Morgan fingerprint density at radius 1 is 1.12 bits per heavy atom. The first kappa shape index (κ1) is 21.3. The van der Waals surface area contributed by atoms with Crippen molar-refractivity contribution in [3.8, 4) is 5.75 Å². The van der Waals surface area contributed by atoms with Gasteiger partial charge >= 0.3 is 11.7 Å². The molecule has 1 aromatic carbocycles. The Hall–Kier alpha value is -2.77. The van der Waals surface area contributed by atoms with Crippen molar-refractivity contribution < 1.29 is 19.4 Å². The van der Waals surface area contributed by atoms with Crippen molar-refractivity contribution in [2.75, 3.05) is 0 Å². The molecular formula is C18H24N2O6. The first-order chi connectivity index (χ1) is 12.3. The number of para-hydroxylation sites is 1. The molecular weight excluding hydrogens is 340 g/mol. The summed E-state index contributed by atoms with van der Waals surface area (Å²) >= 11 is 0. The number of hydrogen-bond acceptors (Lipinski definition) is 6. The van der Waals surface area contributed by atoms with Gasteiger partial charge in [-0.15, -0.1) is 0 Å². The summed E-state index contributed by atoms with van der Waals surface area (Å²) in [4.78, 5) is 32.6. The van der Waals surface area contributed by atoms with Crippen LogP contribution in [0, 0.1) is 26.1 Å². The lowest BCUT2D eigenvalue weighted by Gasteiger charge is -2.09. The number of benzene rings is 1. The Balaban J connectivity index is 2.48. The third-order valence-electron chi connectivity index (χ3n) is 4.00. The van der Waals surface area contributed by atoms with Crippen molar-refractivity contribution in [1.29, 1.82) is 0 Å². The van der Waals surface area contributed by atoms with Gasteiger partial charge in [-0.05, 0) is 30.9 Å². The van der Waals surface area contributed by atoms with Crippen molar-refractivity contribution in [2.24, 2.45) is 5.92 Å². The number of carbonyl (C=O) groups is 1. The molecule has 0 aliphatic rings. The predicted octanol–water partition coefficient (Wildman–Crippen LogP) is 4.00. The highest BCUT2D eigenvalue weighted by molar-refractivity contribution is 5.87. The van der Waals surface area contributed by atoms with Crippen LogP contribution in [0.25, 0.3) is 0 Å². The molecule has 0 N–H and O–H groups in total. The minimum absolute atomic E-state index is 0.125. The molecule has 0 spiro atoms. The highest BCUT2D eigenvalue weighted by Gasteiger charge is 2.24. The van der Waals surface area contributed by atoms with Gasteiger partial charge in [0.1, 0.15) is 5.75 Å². The van der Waals surface area contributed by atoms with Crippen LogP contribution in [-0.4, -0.2) is 21.9 Å². The fourth-order valence-corrected chi connectivity index (χ4v) is 2.35. The molecule has 142 valence electrons. The first-order valence-electron chi connectivity index (χ1n) is 8.56. The van der Waals surface area contributed by atoms with E-state index in [1.54, 1.807) is 37.3 Å². The summed E-state index contributed by atoms with van der Waals surface area (Å²) in [6, 6.07) is 7.61. The van der Waals surface area contributed by atoms with E-state index in [9.17, 15) is 25.0 Å². The van der Waals surface area contributed by atoms with Gasteiger partial charge < -0.3 is 4.74 Å². The average Bonchev–Trinajstić information content (AvgIpc) is 2.59. The summed E-state index contributed by atoms with van der Waals surface area (Å²) in [5.41, 5.74) is -0.581. The number of unbranched alkanes of at least 4 members (excludes halogenated alkanes) is 1. The standard InChI is InChI=1S/C18H24N2O6/c1-14(8-6-7-9-15(2)19(22)23)12-13-17(20(24)25)18(21)26-16-10-4-3-5-11-16/h3-5,10-11,13-15H,6-9,12H2,1-2H3. The Bertz CT molecular complexity index is 644. The maximum Gasteiger partial charge on any atom is 0.414 e. The molecule has 8 heteroatoms. The van der Waals surface area contributed by atoms with E-state index in [1.165, 1.54) is 6.08 Å². The molecule has 0 saturated heterocycles. The third kappa shape index (κ3) is 7.87. The van der Waals surface area contributed by atoms with Crippen molar-refractivity contribution >= 4 is 5.97 Å². The fourth-order valence-electron chi connectivity index (χ4n) is 2.35. The van der Waals surface area contributed by atoms with Crippen LogP contribution in [0.5, 0.6) is 5.75 Å². The predicted molar refractivity (Wildman–Crippen MR) is 95.9 cm³/mol. The van der Waals surface area contributed by atoms with Gasteiger partial charge in [-0.2, -0.15) is 0 Å². The van der Waals surface area contributed by atoms with Gasteiger partial charge in [0.25, 0.3) is 0 Å². The Morgan fingerprint density at radius 2 is 1.73 bits per heavy atom. The molecule has 0 radical (unpaired) electrons. The maximum atomic E-state index is 12.0. The van der Waals surface area contributed by atoms with Crippen molar-refractivity contribution in [1.82, 2.24) is 0 Å². The van der Waals surface area contributed by atoms with Crippen molar-refractivity contribution in [2.45, 2.75) is 52.0 Å². The van der Waals surface area contributed by atoms with Crippen LogP contribution in [0.1, 0.15) is 46.0 Å². The van der Waals surface area contributed by atoms with E-state index < -0.39 is 22.6 Å². The number of esters is 1. The van der Waals surface area contributed by atoms with Gasteiger partial charge in [0.2, 0.25) is 6.04 Å². The van der Waals surface area contributed by atoms with Crippen LogP contribution < -0.4 is 4.74 Å². The first-order valence-corrected chi connectivity index (χ1v) is 8.56. The number of hydrogen-bond donors (Lipinski definition) is 0. The number of nitro groups is 2. The van der Waals surface area contributed by atoms with Gasteiger partial charge in [-0.1, -0.05) is 38.0 Å². The lowest BCUT2D eigenvalue weighted by Crippen LogP contribution is -2.17. The van der Waals surface area contributed by atoms with Crippen LogP contribution in [0.2, 0.25) is 0 Å². The van der Waals surface area contributed by atoms with Gasteiger partial charge in [0.15, 0.2) is 0 Å². The van der Waals surface area contributed by atoms with Gasteiger partial charge in [-0.25, -0.2) is 4.79 Å². The third-order valence-corrected chi connectivity index (χ3v) is 4.00. The van der Waals surface area contributed by atoms with E-state index >= 15 is 0 Å². The number of allylic oxidation sites excluding steroid dienone is 1. The largest absolute Gasteiger partial charge is 0.418 e. The lowest BCUT2D eigenvalue weighted by molar-refractivity contribution is -0.519. The highest BCUT2D eigenvalue weighted by atomic mass is 16.6. The second-order valence-corrected chi connectivity index (χ2v) is 6.31. The SMILES string of the molecule is CC(CC=C(C(=O)Oc1ccccc1)[N+](=O)[O-])CCCCC(C)[N+](=O)[O-]. The summed E-state index contributed by atoms with van der Waals surface area (Å²) < 4.78 is 5.00. The minimum atomic E-state index is -0.992. The molecule has 0 aliphatic carbocycles. The summed E-state index contributed by atoms with van der Waals surface area (Å²) in [5.74, 6) is -0.619. The van der Waals surface area contributed by atoms with Gasteiger partial charge in [0.05, 0.1) is 4.92 Å². The normalized spacial score (nSPS) is 13.7. The molecule has 0 amide bonds. The molecule has 1 rings (SSSR count). The smallest absolute Gasteiger partial charge is 0.414 e. The Labute approximate surface area is 152 Å². The minimum Gasteiger partial charge on any atom is -0.418 e. The second-order valence-electron chi connectivity index (χ2n) is 6.31. The molecule has 0 aromatic heterocycles. The molecule has 26 heavy (non-hydrogen) atoms. The lowest BCUT2D eigenvalue weighted by atomic mass is 9.98. The molecule has 0 bridgehead atoms. The van der Waals surface area contributed by atoms with E-state index in [1.807, 2.05) is 6.92 Å². The number of nitrogens with zero attached hydrogens (tertiary/aromatic N) is 2. The second kappa shape index (κ2) is 11.0. The number of ether oxygens (including phenoxy) is 1. The van der Waals surface area contributed by atoms with Crippen LogP contribution in [0.4, 0.5) is 0 Å². The molecule has 8 nitrogen and oxygen atoms in total. The average molecular weight is 364 g/mol. The quantitative estimate of drug-likeness (QED) is 0.146. The van der Waals surface area contributed by atoms with E-state index in [4.69, 9.17) is 4.74 Å². The summed E-state index contributed by atoms with van der Waals surface area (Å²) in [6.07, 6.45) is 4.48. The zero-order chi connectivity index (χ0) is 19.5. The zero-order valence-electron chi connectivity index (χ0n) is 15.0. The Kier molecular flexibility index (Phi) is 8.97. The molecule has 0 aliphatic heterocycles. The molecule has 1 aromatic rings. The number of carbonyl (C=O) groups excluding carboxylic acids is 1. The van der Waals surface area contributed by atoms with E-state index in [0.29, 0.717) is 12.8 Å². The topological polar surface area (TPSA) is 113 Å². The fraction of sp³-hybridized carbons (Fsp3) is 0.500. The zero-order valence-corrected chi connectivity index (χ0v) is 15.0. The highest BCUT2D eigenvalue weighted by Crippen LogP contribution is 2.17. The van der Waals surface area contributed by atoms with Crippen LogP contribution in [0.15, 0.2) is 42.1 Å². The van der Waals surface area contributed by atoms with E-state index in [2.05, 4.69) is 0 Å². The summed E-state index contributed by atoms with van der Waals surface area (Å²) in [6.45, 7) is 3.50. The summed E-state index contributed by atoms with van der Waals surface area (Å²) in [7, 11) is 0. The molecule has 2 atom stereocenters. The summed E-state index contributed by atoms with van der Waals surface area (Å²) in [5, 5.41) is 21.7. The van der Waals surface area contributed by atoms with E-state index in [-0.39, 0.29) is 16.6 Å². The van der Waals surface area contributed by atoms with Crippen LogP contribution in [-0.2, 0) is 4.79 Å². The van der Waals surface area contributed by atoms with E-state index in [0.717, 1.165) is 19.3 Å². The number of rotatable bonds is 11. The monoisotopic (exact) mass is 364 g/mol. The van der Waals surface area contributed by atoms with Gasteiger partial charge in [-0.3, -0.25) is 20.2 Å².